The smallest absolute Gasteiger partial charge is 0.225 e. The molecule has 2 aliphatic carbocycles. The molecule has 0 aliphatic heterocycles. The molecule has 0 N–H and O–H groups in total. The number of aromatic nitrogens is 3. The molecule has 2 heterocycles. The van der Waals surface area contributed by atoms with Crippen LogP contribution in [0, 0.1) is 5.92 Å². The first-order valence-corrected chi connectivity index (χ1v) is 8.41. The molecule has 23 heavy (non-hydrogen) atoms. The zero-order valence-electron chi connectivity index (χ0n) is 13.4. The first-order valence-electron chi connectivity index (χ1n) is 8.41. The molecular formula is C17H22N4O2. The Morgan fingerprint density at radius 3 is 2.91 bits per heavy atom. The van der Waals surface area contributed by atoms with Crippen molar-refractivity contribution >= 4 is 5.91 Å². The summed E-state index contributed by atoms with van der Waals surface area (Å²) in [5.41, 5.74) is 0. The molecule has 0 bridgehead atoms. The lowest BCUT2D eigenvalue weighted by atomic mass is 10.2. The summed E-state index contributed by atoms with van der Waals surface area (Å²) in [6.07, 6.45) is 7.00. The number of nitrogens with zero attached hydrogens (tertiary/aromatic N) is 4. The molecule has 122 valence electrons. The fourth-order valence-electron chi connectivity index (χ4n) is 3.07. The number of rotatable bonds is 7. The molecule has 0 spiro atoms. The number of carbonyl (C=O) groups excluding carboxylic acids is 1. The number of carbonyl (C=O) groups is 1. The minimum absolute atomic E-state index is 0.167. The van der Waals surface area contributed by atoms with Crippen molar-refractivity contribution in [2.45, 2.75) is 57.7 Å². The van der Waals surface area contributed by atoms with E-state index < -0.39 is 0 Å². The van der Waals surface area contributed by atoms with Gasteiger partial charge in [0, 0.05) is 18.4 Å². The topological polar surface area (TPSA) is 64.2 Å². The van der Waals surface area contributed by atoms with Crippen molar-refractivity contribution in [3.8, 4) is 0 Å². The van der Waals surface area contributed by atoms with Gasteiger partial charge in [0.25, 0.3) is 0 Å². The molecule has 0 aromatic carbocycles. The Kier molecular flexibility index (Phi) is 3.67. The highest BCUT2D eigenvalue weighted by molar-refractivity contribution is 5.76. The van der Waals surface area contributed by atoms with Gasteiger partial charge in [0.05, 0.1) is 13.1 Å². The summed E-state index contributed by atoms with van der Waals surface area (Å²) in [6.45, 7) is 3.41. The monoisotopic (exact) mass is 314 g/mol. The van der Waals surface area contributed by atoms with E-state index in [-0.39, 0.29) is 5.91 Å². The minimum Gasteiger partial charge on any atom is -0.464 e. The maximum atomic E-state index is 12.6. The zero-order valence-corrected chi connectivity index (χ0v) is 13.4. The van der Waals surface area contributed by atoms with E-state index in [9.17, 15) is 4.79 Å². The average Bonchev–Trinajstić information content (AvgIpc) is 3.40. The molecule has 2 atom stereocenters. The molecule has 0 radical (unpaired) electrons. The van der Waals surface area contributed by atoms with Gasteiger partial charge in [-0.25, -0.2) is 4.98 Å². The van der Waals surface area contributed by atoms with Crippen LogP contribution in [0.4, 0.5) is 0 Å². The van der Waals surface area contributed by atoms with Crippen molar-refractivity contribution in [1.82, 2.24) is 19.7 Å². The van der Waals surface area contributed by atoms with Crippen LogP contribution >= 0.6 is 0 Å². The van der Waals surface area contributed by atoms with Crippen LogP contribution in [0.2, 0.25) is 0 Å². The fraction of sp³-hybridized carbons (Fsp3) is 0.588. The SMILES string of the molecule is C[C@@H]1C[C@@H]1c1ccc(CN(C(=O)CCn2cncn2)C2CC2)o1. The molecular weight excluding hydrogens is 292 g/mol. The van der Waals surface area contributed by atoms with E-state index in [0.717, 1.165) is 30.3 Å². The zero-order chi connectivity index (χ0) is 15.8. The lowest BCUT2D eigenvalue weighted by Gasteiger charge is -2.21. The van der Waals surface area contributed by atoms with Gasteiger partial charge < -0.3 is 9.32 Å². The van der Waals surface area contributed by atoms with Gasteiger partial charge in [0.1, 0.15) is 24.2 Å². The van der Waals surface area contributed by atoms with Gasteiger partial charge in [-0.3, -0.25) is 9.48 Å². The maximum Gasteiger partial charge on any atom is 0.225 e. The van der Waals surface area contributed by atoms with Crippen molar-refractivity contribution < 1.29 is 9.21 Å². The van der Waals surface area contributed by atoms with Crippen LogP contribution in [0.15, 0.2) is 29.2 Å². The van der Waals surface area contributed by atoms with Crippen molar-refractivity contribution in [3.63, 3.8) is 0 Å². The Hall–Kier alpha value is -2.11. The molecule has 0 unspecified atom stereocenters. The summed E-state index contributed by atoms with van der Waals surface area (Å²) in [5.74, 6) is 3.47. The predicted molar refractivity (Wildman–Crippen MR) is 83.4 cm³/mol. The molecule has 6 heteroatoms. The summed E-state index contributed by atoms with van der Waals surface area (Å²) in [7, 11) is 0. The van der Waals surface area contributed by atoms with Crippen LogP contribution in [0.3, 0.4) is 0 Å². The van der Waals surface area contributed by atoms with E-state index in [0.29, 0.717) is 31.5 Å². The van der Waals surface area contributed by atoms with Crippen molar-refractivity contribution in [2.24, 2.45) is 5.92 Å². The Morgan fingerprint density at radius 1 is 1.43 bits per heavy atom. The number of hydrogen-bond acceptors (Lipinski definition) is 4. The number of hydrogen-bond donors (Lipinski definition) is 0. The second kappa shape index (κ2) is 5.83. The molecule has 2 saturated carbocycles. The normalized spacial score (nSPS) is 23.0. The van der Waals surface area contributed by atoms with Crippen LogP contribution in [0.1, 0.15) is 50.0 Å². The van der Waals surface area contributed by atoms with Crippen LogP contribution in [0.5, 0.6) is 0 Å². The summed E-state index contributed by atoms with van der Waals surface area (Å²) in [5, 5.41) is 4.05. The van der Waals surface area contributed by atoms with E-state index in [1.807, 2.05) is 11.0 Å². The van der Waals surface area contributed by atoms with Gasteiger partial charge in [-0.1, -0.05) is 6.92 Å². The third-order valence-corrected chi connectivity index (χ3v) is 4.81. The molecule has 2 aliphatic rings. The van der Waals surface area contributed by atoms with Gasteiger partial charge in [-0.05, 0) is 37.3 Å². The Balaban J connectivity index is 1.37. The second-order valence-electron chi connectivity index (χ2n) is 6.78. The van der Waals surface area contributed by atoms with Crippen LogP contribution in [-0.4, -0.2) is 31.6 Å². The quantitative estimate of drug-likeness (QED) is 0.788. The molecule has 6 nitrogen and oxygen atoms in total. The average molecular weight is 314 g/mol. The molecule has 0 saturated heterocycles. The Labute approximate surface area is 135 Å². The van der Waals surface area contributed by atoms with Gasteiger partial charge in [-0.2, -0.15) is 5.10 Å². The molecule has 1 amide bonds. The van der Waals surface area contributed by atoms with E-state index in [2.05, 4.69) is 23.1 Å². The van der Waals surface area contributed by atoms with E-state index in [4.69, 9.17) is 4.42 Å². The molecule has 4 rings (SSSR count). The van der Waals surface area contributed by atoms with Crippen molar-refractivity contribution in [1.29, 1.82) is 0 Å². The van der Waals surface area contributed by atoms with Crippen LogP contribution < -0.4 is 0 Å². The van der Waals surface area contributed by atoms with Gasteiger partial charge in [0.2, 0.25) is 5.91 Å². The third kappa shape index (κ3) is 3.30. The highest BCUT2D eigenvalue weighted by atomic mass is 16.3. The first kappa shape index (κ1) is 14.5. The highest BCUT2D eigenvalue weighted by Crippen LogP contribution is 2.47. The molecule has 2 aromatic rings. The predicted octanol–water partition coefficient (Wildman–Crippen LogP) is 2.58. The van der Waals surface area contributed by atoms with Gasteiger partial charge in [0.15, 0.2) is 0 Å². The lowest BCUT2D eigenvalue weighted by molar-refractivity contribution is -0.133. The first-order chi connectivity index (χ1) is 11.2. The molecule has 2 fully saturated rings. The molecule has 2 aromatic heterocycles. The van der Waals surface area contributed by atoms with Crippen molar-refractivity contribution in [2.75, 3.05) is 0 Å². The highest BCUT2D eigenvalue weighted by Gasteiger charge is 2.37. The van der Waals surface area contributed by atoms with E-state index in [1.165, 1.54) is 12.7 Å². The van der Waals surface area contributed by atoms with Crippen LogP contribution in [0.25, 0.3) is 0 Å². The van der Waals surface area contributed by atoms with E-state index in [1.54, 1.807) is 11.0 Å². The number of aryl methyl sites for hydroxylation is 1. The summed E-state index contributed by atoms with van der Waals surface area (Å²) in [6, 6.07) is 4.49. The van der Waals surface area contributed by atoms with Gasteiger partial charge >= 0.3 is 0 Å². The van der Waals surface area contributed by atoms with Gasteiger partial charge in [-0.15, -0.1) is 0 Å². The third-order valence-electron chi connectivity index (χ3n) is 4.81. The second-order valence-corrected chi connectivity index (χ2v) is 6.78. The van der Waals surface area contributed by atoms with Crippen LogP contribution in [-0.2, 0) is 17.9 Å². The lowest BCUT2D eigenvalue weighted by Crippen LogP contribution is -2.33. The summed E-state index contributed by atoms with van der Waals surface area (Å²) < 4.78 is 7.66. The minimum atomic E-state index is 0.167. The largest absolute Gasteiger partial charge is 0.464 e. The number of amides is 1. The Bertz CT molecular complexity index is 675. The Morgan fingerprint density at radius 2 is 2.26 bits per heavy atom. The van der Waals surface area contributed by atoms with Crippen molar-refractivity contribution in [3.05, 3.63) is 36.3 Å². The summed E-state index contributed by atoms with van der Waals surface area (Å²) >= 11 is 0. The summed E-state index contributed by atoms with van der Waals surface area (Å²) in [4.78, 5) is 18.4. The maximum absolute atomic E-state index is 12.6. The van der Waals surface area contributed by atoms with E-state index >= 15 is 0 Å². The standard InChI is InChI=1S/C17H22N4O2/c1-12-8-15(12)16-5-4-14(23-16)9-21(13-2-3-13)17(22)6-7-20-11-18-10-19-20/h4-5,10-13,15H,2-3,6-9H2,1H3/t12-,15+/m1/s1. The fourth-order valence-corrected chi connectivity index (χ4v) is 3.07. The number of furan rings is 1.